The van der Waals surface area contributed by atoms with E-state index in [0.29, 0.717) is 12.8 Å². The van der Waals surface area contributed by atoms with Crippen LogP contribution in [0.15, 0.2) is 0 Å². The third kappa shape index (κ3) is 1.77. The zero-order valence-corrected chi connectivity index (χ0v) is 9.40. The summed E-state index contributed by atoms with van der Waals surface area (Å²) in [6, 6.07) is -0.488. The molecule has 2 unspecified atom stereocenters. The molecule has 2 amide bonds. The lowest BCUT2D eigenvalue weighted by Gasteiger charge is -2.41. The van der Waals surface area contributed by atoms with Gasteiger partial charge in [0, 0.05) is 7.05 Å². The molecule has 0 aromatic carbocycles. The van der Waals surface area contributed by atoms with Gasteiger partial charge >= 0.3 is 12.2 Å². The van der Waals surface area contributed by atoms with Gasteiger partial charge in [-0.1, -0.05) is 6.42 Å². The predicted molar refractivity (Wildman–Crippen MR) is 54.8 cm³/mol. The summed E-state index contributed by atoms with van der Waals surface area (Å²) in [4.78, 5) is 12.7. The summed E-state index contributed by atoms with van der Waals surface area (Å²) in [5.41, 5.74) is -1.07. The lowest BCUT2D eigenvalue weighted by Crippen LogP contribution is -2.52. The van der Waals surface area contributed by atoms with Crippen LogP contribution in [0, 0.1) is 11.3 Å². The van der Waals surface area contributed by atoms with Gasteiger partial charge in [-0.25, -0.2) is 4.79 Å². The molecule has 0 radical (unpaired) electrons. The Morgan fingerprint density at radius 3 is 2.65 bits per heavy atom. The molecular weight excluding hydrogens is 235 g/mol. The predicted octanol–water partition coefficient (Wildman–Crippen LogP) is 2.11. The second kappa shape index (κ2) is 3.61. The zero-order valence-electron chi connectivity index (χ0n) is 9.40. The zero-order chi connectivity index (χ0) is 12.8. The molecule has 0 aromatic heterocycles. The fraction of sp³-hybridized carbons (Fsp3) is 0.800. The number of likely N-dealkylation sites (N-methyl/N-ethyl adjacent to an activating group) is 1. The molecular formula is C10H14F3N3O. The van der Waals surface area contributed by atoms with Crippen LogP contribution in [0.1, 0.15) is 25.7 Å². The van der Waals surface area contributed by atoms with Gasteiger partial charge in [-0.2, -0.15) is 13.2 Å². The number of nitrogens with zero attached hydrogens (tertiary/aromatic N) is 1. The van der Waals surface area contributed by atoms with E-state index in [0.717, 1.165) is 0 Å². The largest absolute Gasteiger partial charge is 0.391 e. The van der Waals surface area contributed by atoms with E-state index in [1.165, 1.54) is 11.9 Å². The maximum absolute atomic E-state index is 12.7. The standard InChI is InChI=1S/C10H14F3N3O/c1-16-8(17)15-7(14)9(16)4-2-3-6(5-9)10(11,12)13/h6H,2-5H2,1H3,(H2,14,15,17). The fourth-order valence-corrected chi connectivity index (χ4v) is 2.73. The number of carbonyl (C=O) groups excluding carboxylic acids is 1. The fourth-order valence-electron chi connectivity index (χ4n) is 2.73. The Morgan fingerprint density at radius 2 is 2.18 bits per heavy atom. The van der Waals surface area contributed by atoms with Crippen LogP contribution in [0.25, 0.3) is 0 Å². The van der Waals surface area contributed by atoms with Crippen molar-refractivity contribution >= 4 is 11.9 Å². The van der Waals surface area contributed by atoms with Crippen LogP contribution in [-0.2, 0) is 0 Å². The van der Waals surface area contributed by atoms with E-state index in [9.17, 15) is 18.0 Å². The molecule has 1 aliphatic heterocycles. The highest BCUT2D eigenvalue weighted by atomic mass is 19.4. The molecule has 1 heterocycles. The van der Waals surface area contributed by atoms with Gasteiger partial charge in [0.2, 0.25) is 0 Å². The molecule has 1 spiro atoms. The first-order valence-electron chi connectivity index (χ1n) is 5.48. The maximum atomic E-state index is 12.7. The highest BCUT2D eigenvalue weighted by Gasteiger charge is 2.55. The molecule has 2 aliphatic rings. The average Bonchev–Trinajstić information content (AvgIpc) is 2.43. The SMILES string of the molecule is CN1C(=O)NC(=N)C12CCCC(C(F)(F)F)C2. The molecule has 1 aliphatic carbocycles. The first-order chi connectivity index (χ1) is 7.77. The number of halogens is 3. The molecule has 0 bridgehead atoms. The lowest BCUT2D eigenvalue weighted by atomic mass is 9.74. The smallest absolute Gasteiger partial charge is 0.315 e. The van der Waals surface area contributed by atoms with Gasteiger partial charge in [0.15, 0.2) is 0 Å². The molecule has 7 heteroatoms. The number of nitrogens with one attached hydrogen (secondary N) is 2. The van der Waals surface area contributed by atoms with Gasteiger partial charge < -0.3 is 4.90 Å². The molecule has 2 N–H and O–H groups in total. The minimum Gasteiger partial charge on any atom is -0.315 e. The quantitative estimate of drug-likeness (QED) is 0.678. The van der Waals surface area contributed by atoms with Crippen LogP contribution >= 0.6 is 0 Å². The number of hydrogen-bond donors (Lipinski definition) is 2. The highest BCUT2D eigenvalue weighted by Crippen LogP contribution is 2.45. The Hall–Kier alpha value is -1.27. The van der Waals surface area contributed by atoms with Crippen LogP contribution in [0.3, 0.4) is 0 Å². The van der Waals surface area contributed by atoms with E-state index in [1.807, 2.05) is 0 Å². The van der Waals surface area contributed by atoms with E-state index < -0.39 is 23.7 Å². The topological polar surface area (TPSA) is 56.2 Å². The van der Waals surface area contributed by atoms with Gasteiger partial charge in [0.1, 0.15) is 11.4 Å². The van der Waals surface area contributed by atoms with E-state index >= 15 is 0 Å². The summed E-state index contributed by atoms with van der Waals surface area (Å²) >= 11 is 0. The Kier molecular flexibility index (Phi) is 2.59. The number of alkyl halides is 3. The van der Waals surface area contributed by atoms with Crippen molar-refractivity contribution in [3.05, 3.63) is 0 Å². The summed E-state index contributed by atoms with van der Waals surface area (Å²) in [6.07, 6.45) is -3.56. The van der Waals surface area contributed by atoms with Crippen LogP contribution in [0.4, 0.5) is 18.0 Å². The minimum absolute atomic E-state index is 0.0839. The Bertz CT molecular complexity index is 368. The molecule has 4 nitrogen and oxygen atoms in total. The van der Waals surface area contributed by atoms with Crippen molar-refractivity contribution < 1.29 is 18.0 Å². The number of carbonyl (C=O) groups is 1. The van der Waals surface area contributed by atoms with E-state index in [4.69, 9.17) is 5.41 Å². The normalized spacial score (nSPS) is 34.4. The Balaban J connectivity index is 2.27. The van der Waals surface area contributed by atoms with Crippen molar-refractivity contribution in [2.75, 3.05) is 7.05 Å². The van der Waals surface area contributed by atoms with Crippen molar-refractivity contribution in [3.63, 3.8) is 0 Å². The second-order valence-electron chi connectivity index (χ2n) is 4.73. The van der Waals surface area contributed by atoms with Crippen molar-refractivity contribution in [1.29, 1.82) is 5.41 Å². The Labute approximate surface area is 96.7 Å². The minimum atomic E-state index is -4.25. The van der Waals surface area contributed by atoms with Crippen molar-refractivity contribution in [2.24, 2.45) is 5.92 Å². The van der Waals surface area contributed by atoms with Crippen molar-refractivity contribution in [1.82, 2.24) is 10.2 Å². The second-order valence-corrected chi connectivity index (χ2v) is 4.73. The summed E-state index contributed by atoms with van der Waals surface area (Å²) in [7, 11) is 1.45. The summed E-state index contributed by atoms with van der Waals surface area (Å²) in [6.45, 7) is 0. The van der Waals surface area contributed by atoms with Gasteiger partial charge in [0.25, 0.3) is 0 Å². The molecule has 2 rings (SSSR count). The van der Waals surface area contributed by atoms with E-state index in [2.05, 4.69) is 5.32 Å². The average molecular weight is 249 g/mol. The monoisotopic (exact) mass is 249 g/mol. The first-order valence-corrected chi connectivity index (χ1v) is 5.48. The molecule has 0 aromatic rings. The number of amides is 2. The van der Waals surface area contributed by atoms with Gasteiger partial charge in [0.05, 0.1) is 5.92 Å². The lowest BCUT2D eigenvalue weighted by molar-refractivity contribution is -0.187. The molecule has 2 fully saturated rings. The number of hydrogen-bond acceptors (Lipinski definition) is 2. The van der Waals surface area contributed by atoms with Gasteiger partial charge in [-0.05, 0) is 19.3 Å². The van der Waals surface area contributed by atoms with E-state index in [1.54, 1.807) is 0 Å². The molecule has 17 heavy (non-hydrogen) atoms. The summed E-state index contributed by atoms with van der Waals surface area (Å²) in [5.74, 6) is -1.52. The highest BCUT2D eigenvalue weighted by molar-refractivity contribution is 6.08. The number of urea groups is 1. The van der Waals surface area contributed by atoms with Crippen LogP contribution in [0.5, 0.6) is 0 Å². The summed E-state index contributed by atoms with van der Waals surface area (Å²) in [5, 5.41) is 10.0. The van der Waals surface area contributed by atoms with E-state index in [-0.39, 0.29) is 18.7 Å². The number of rotatable bonds is 0. The van der Waals surface area contributed by atoms with Crippen LogP contribution in [0.2, 0.25) is 0 Å². The maximum Gasteiger partial charge on any atom is 0.391 e. The Morgan fingerprint density at radius 1 is 1.53 bits per heavy atom. The number of amidine groups is 1. The first kappa shape index (κ1) is 12.2. The summed E-state index contributed by atoms with van der Waals surface area (Å²) < 4.78 is 38.2. The van der Waals surface area contributed by atoms with Gasteiger partial charge in [-0.3, -0.25) is 10.7 Å². The molecule has 2 atom stereocenters. The molecule has 1 saturated carbocycles. The van der Waals surface area contributed by atoms with Crippen molar-refractivity contribution in [3.8, 4) is 0 Å². The third-order valence-electron chi connectivity index (χ3n) is 3.83. The van der Waals surface area contributed by atoms with Crippen LogP contribution < -0.4 is 5.32 Å². The van der Waals surface area contributed by atoms with Crippen LogP contribution in [-0.4, -0.2) is 35.5 Å². The van der Waals surface area contributed by atoms with Crippen molar-refractivity contribution in [2.45, 2.75) is 37.4 Å². The third-order valence-corrected chi connectivity index (χ3v) is 3.83. The van der Waals surface area contributed by atoms with Gasteiger partial charge in [-0.15, -0.1) is 0 Å². The molecule has 96 valence electrons. The molecule has 1 saturated heterocycles.